The summed E-state index contributed by atoms with van der Waals surface area (Å²) in [6.45, 7) is 4.76. The second-order valence-corrected chi connectivity index (χ2v) is 11.3. The highest BCUT2D eigenvalue weighted by Crippen LogP contribution is 2.39. The molecule has 39 heavy (non-hydrogen) atoms. The minimum atomic E-state index is -0.679. The summed E-state index contributed by atoms with van der Waals surface area (Å²) >= 11 is 0. The van der Waals surface area contributed by atoms with E-state index >= 15 is 0 Å². The van der Waals surface area contributed by atoms with Gasteiger partial charge in [0.15, 0.2) is 0 Å². The molecule has 2 N–H and O–H groups in total. The van der Waals surface area contributed by atoms with Crippen LogP contribution >= 0.6 is 0 Å². The number of aromatic nitrogens is 1. The normalized spacial score (nSPS) is 18.9. The molecule has 2 fully saturated rings. The van der Waals surface area contributed by atoms with Gasteiger partial charge in [0.2, 0.25) is 11.8 Å². The van der Waals surface area contributed by atoms with Crippen molar-refractivity contribution >= 4 is 23.4 Å². The van der Waals surface area contributed by atoms with E-state index in [2.05, 4.69) is 15.8 Å². The number of likely N-dealkylation sites (N-methyl/N-ethyl adjacent to an activating group) is 1. The fraction of sp³-hybridized carbons (Fsp3) is 0.600. The number of benzene rings is 1. The van der Waals surface area contributed by atoms with E-state index in [0.717, 1.165) is 49.7 Å². The topological polar surface area (TPSA) is 114 Å². The highest BCUT2D eigenvalue weighted by molar-refractivity contribution is 6.01. The number of aryl methyl sites for hydroxylation is 2. The fourth-order valence-electron chi connectivity index (χ4n) is 6.19. The predicted molar refractivity (Wildman–Crippen MR) is 149 cm³/mol. The van der Waals surface area contributed by atoms with Gasteiger partial charge in [-0.2, -0.15) is 0 Å². The highest BCUT2D eigenvalue weighted by Gasteiger charge is 2.43. The van der Waals surface area contributed by atoms with Gasteiger partial charge in [-0.15, -0.1) is 0 Å². The number of rotatable bonds is 7. The summed E-state index contributed by atoms with van der Waals surface area (Å²) in [5, 5.41) is 9.87. The zero-order chi connectivity index (χ0) is 28.0. The van der Waals surface area contributed by atoms with E-state index in [4.69, 9.17) is 9.26 Å². The number of carbonyl (C=O) groups excluding carboxylic acids is 3. The minimum absolute atomic E-state index is 0.0398. The molecule has 0 spiro atoms. The molecule has 1 unspecified atom stereocenters. The first-order valence-corrected chi connectivity index (χ1v) is 14.2. The van der Waals surface area contributed by atoms with E-state index < -0.39 is 11.5 Å². The van der Waals surface area contributed by atoms with Gasteiger partial charge in [-0.1, -0.05) is 43.3 Å². The van der Waals surface area contributed by atoms with E-state index in [9.17, 15) is 14.4 Å². The molecule has 4 rings (SSSR count). The van der Waals surface area contributed by atoms with Gasteiger partial charge < -0.3 is 24.8 Å². The van der Waals surface area contributed by atoms with Gasteiger partial charge in [-0.25, -0.2) is 0 Å². The molecule has 1 saturated heterocycles. The summed E-state index contributed by atoms with van der Waals surface area (Å²) in [6, 6.07) is 5.07. The van der Waals surface area contributed by atoms with Gasteiger partial charge in [0.25, 0.3) is 5.91 Å². The van der Waals surface area contributed by atoms with Crippen molar-refractivity contribution in [2.24, 2.45) is 5.92 Å². The van der Waals surface area contributed by atoms with Gasteiger partial charge >= 0.3 is 0 Å². The molecule has 2 aromatic rings. The van der Waals surface area contributed by atoms with Crippen LogP contribution in [0.3, 0.4) is 0 Å². The third-order valence-corrected chi connectivity index (χ3v) is 8.36. The molecule has 0 radical (unpaired) electrons. The summed E-state index contributed by atoms with van der Waals surface area (Å²) < 4.78 is 10.5. The lowest BCUT2D eigenvalue weighted by Crippen LogP contribution is -2.49. The van der Waals surface area contributed by atoms with Gasteiger partial charge in [0, 0.05) is 33.0 Å². The molecule has 2 heterocycles. The second-order valence-electron chi connectivity index (χ2n) is 11.3. The third-order valence-electron chi connectivity index (χ3n) is 8.36. The lowest BCUT2D eigenvalue weighted by molar-refractivity contribution is -0.138. The van der Waals surface area contributed by atoms with Gasteiger partial charge in [0.1, 0.15) is 17.9 Å². The average Bonchev–Trinajstić information content (AvgIpc) is 3.33. The SMILES string of the molecule is Cc1cc(NC(=O)C(NC(=O)c2conc2C)C2CCCCCCC2)ccc1C1(C(=O)N(C)C)CCOCC1. The van der Waals surface area contributed by atoms with Crippen molar-refractivity contribution in [3.05, 3.63) is 46.8 Å². The number of hydrogen-bond donors (Lipinski definition) is 2. The molecule has 1 aromatic heterocycles. The molecule has 1 atom stereocenters. The number of ether oxygens (including phenoxy) is 1. The highest BCUT2D eigenvalue weighted by atomic mass is 16.5. The summed E-state index contributed by atoms with van der Waals surface area (Å²) in [6.07, 6.45) is 9.90. The number of nitrogens with one attached hydrogen (secondary N) is 2. The Balaban J connectivity index is 1.57. The minimum Gasteiger partial charge on any atom is -0.381 e. The molecular weight excluding hydrogens is 496 g/mol. The summed E-state index contributed by atoms with van der Waals surface area (Å²) in [7, 11) is 3.57. The van der Waals surface area contributed by atoms with E-state index in [1.54, 1.807) is 25.9 Å². The van der Waals surface area contributed by atoms with Crippen molar-refractivity contribution in [2.45, 2.75) is 83.1 Å². The van der Waals surface area contributed by atoms with Crippen LogP contribution in [0.25, 0.3) is 0 Å². The molecule has 2 aliphatic rings. The first-order valence-electron chi connectivity index (χ1n) is 14.2. The van der Waals surface area contributed by atoms with Crippen molar-refractivity contribution in [2.75, 3.05) is 32.6 Å². The van der Waals surface area contributed by atoms with Crippen LogP contribution in [0.15, 0.2) is 29.0 Å². The number of hydrogen-bond acceptors (Lipinski definition) is 6. The Morgan fingerprint density at radius 3 is 2.28 bits per heavy atom. The zero-order valence-electron chi connectivity index (χ0n) is 23.7. The molecule has 1 aliphatic carbocycles. The summed E-state index contributed by atoms with van der Waals surface area (Å²) in [5.74, 6) is -0.480. The first kappa shape index (κ1) is 28.8. The van der Waals surface area contributed by atoms with Crippen LogP contribution in [-0.2, 0) is 19.7 Å². The number of carbonyl (C=O) groups is 3. The predicted octanol–water partition coefficient (Wildman–Crippen LogP) is 4.53. The van der Waals surface area contributed by atoms with Crippen LogP contribution in [0.1, 0.15) is 85.0 Å². The summed E-state index contributed by atoms with van der Waals surface area (Å²) in [4.78, 5) is 41.8. The fourth-order valence-corrected chi connectivity index (χ4v) is 6.19. The Morgan fingerprint density at radius 1 is 1.03 bits per heavy atom. The lowest BCUT2D eigenvalue weighted by Gasteiger charge is -2.39. The van der Waals surface area contributed by atoms with E-state index in [1.165, 1.54) is 12.7 Å². The zero-order valence-corrected chi connectivity index (χ0v) is 23.7. The Hall–Kier alpha value is -3.20. The monoisotopic (exact) mass is 538 g/mol. The largest absolute Gasteiger partial charge is 0.381 e. The Labute approximate surface area is 231 Å². The average molecular weight is 539 g/mol. The van der Waals surface area contributed by atoms with Gasteiger partial charge in [-0.3, -0.25) is 14.4 Å². The molecule has 9 heteroatoms. The lowest BCUT2D eigenvalue weighted by atomic mass is 9.71. The van der Waals surface area contributed by atoms with Crippen molar-refractivity contribution in [1.29, 1.82) is 0 Å². The van der Waals surface area contributed by atoms with Gasteiger partial charge in [-0.05, 0) is 68.7 Å². The number of amides is 3. The smallest absolute Gasteiger partial charge is 0.257 e. The maximum atomic E-state index is 13.7. The Kier molecular flexibility index (Phi) is 9.43. The molecule has 9 nitrogen and oxygen atoms in total. The van der Waals surface area contributed by atoms with Crippen molar-refractivity contribution in [3.63, 3.8) is 0 Å². The second kappa shape index (κ2) is 12.8. The third kappa shape index (κ3) is 6.52. The Bertz CT molecular complexity index is 1160. The molecule has 0 bridgehead atoms. The Morgan fingerprint density at radius 2 is 1.69 bits per heavy atom. The molecule has 1 saturated carbocycles. The molecular formula is C30H42N4O5. The standard InChI is InChI=1S/C30H42N4O5/c1-20-18-23(12-13-25(20)30(29(37)34(3)4)14-16-38-17-15-30)31-28(36)26(22-10-8-6-5-7-9-11-22)32-27(35)24-19-39-33-21(24)2/h12-13,18-19,22,26H,5-11,14-17H2,1-4H3,(H,31,36)(H,32,35). The maximum absolute atomic E-state index is 13.7. The van der Waals surface area contributed by atoms with Crippen LogP contribution in [0, 0.1) is 19.8 Å². The summed E-state index contributed by atoms with van der Waals surface area (Å²) in [5.41, 5.74) is 2.75. The molecule has 212 valence electrons. The van der Waals surface area contributed by atoms with Crippen LogP contribution in [0.5, 0.6) is 0 Å². The first-order chi connectivity index (χ1) is 18.7. The molecule has 3 amide bonds. The van der Waals surface area contributed by atoms with Crippen LogP contribution in [0.4, 0.5) is 5.69 Å². The van der Waals surface area contributed by atoms with Crippen molar-refractivity contribution < 1.29 is 23.6 Å². The van der Waals surface area contributed by atoms with E-state index in [1.807, 2.05) is 25.1 Å². The molecule has 1 aromatic carbocycles. The van der Waals surface area contributed by atoms with E-state index in [0.29, 0.717) is 43.0 Å². The van der Waals surface area contributed by atoms with Gasteiger partial charge in [0.05, 0.1) is 11.1 Å². The molecule has 1 aliphatic heterocycles. The maximum Gasteiger partial charge on any atom is 0.257 e. The van der Waals surface area contributed by atoms with Crippen LogP contribution in [-0.4, -0.2) is 61.1 Å². The van der Waals surface area contributed by atoms with E-state index in [-0.39, 0.29) is 23.6 Å². The number of nitrogens with zero attached hydrogens (tertiary/aromatic N) is 2. The van der Waals surface area contributed by atoms with Crippen molar-refractivity contribution in [1.82, 2.24) is 15.4 Å². The van der Waals surface area contributed by atoms with Crippen LogP contribution < -0.4 is 10.6 Å². The van der Waals surface area contributed by atoms with Crippen LogP contribution in [0.2, 0.25) is 0 Å². The quantitative estimate of drug-likeness (QED) is 0.536. The number of anilines is 1. The van der Waals surface area contributed by atoms with Crippen molar-refractivity contribution in [3.8, 4) is 0 Å².